The molecule has 1 fully saturated rings. The van der Waals surface area contributed by atoms with Crippen LogP contribution in [0.3, 0.4) is 0 Å². The van der Waals surface area contributed by atoms with Gasteiger partial charge in [0.15, 0.2) is 0 Å². The lowest BCUT2D eigenvalue weighted by Crippen LogP contribution is -2.57. The van der Waals surface area contributed by atoms with Crippen LogP contribution in [0.1, 0.15) is 15.9 Å². The average molecular weight is 279 g/mol. The van der Waals surface area contributed by atoms with E-state index >= 15 is 0 Å². The van der Waals surface area contributed by atoms with E-state index in [0.717, 1.165) is 5.82 Å². The van der Waals surface area contributed by atoms with Crippen molar-refractivity contribution in [3.05, 3.63) is 54.0 Å². The molecule has 0 atom stereocenters. The van der Waals surface area contributed by atoms with E-state index in [-0.39, 0.29) is 11.9 Å². The molecule has 0 saturated carbocycles. The number of nitriles is 1. The summed E-state index contributed by atoms with van der Waals surface area (Å²) in [7, 11) is 0. The summed E-state index contributed by atoms with van der Waals surface area (Å²) >= 11 is 0. The molecule has 0 unspecified atom stereocenters. The maximum atomic E-state index is 12.3. The van der Waals surface area contributed by atoms with E-state index in [1.54, 1.807) is 41.4 Å². The second-order valence-corrected chi connectivity index (χ2v) is 4.84. The highest BCUT2D eigenvalue weighted by Crippen LogP contribution is 2.17. The first-order valence-electron chi connectivity index (χ1n) is 6.58. The normalized spacial score (nSPS) is 14.1. The SMILES string of the molecule is N#Cc1cccc(C(=O)N2CC(Nc3ccncn3)C2)c1. The number of hydrogen-bond donors (Lipinski definition) is 1. The van der Waals surface area contributed by atoms with Gasteiger partial charge in [-0.15, -0.1) is 0 Å². The molecule has 0 radical (unpaired) electrons. The number of nitrogens with zero attached hydrogens (tertiary/aromatic N) is 4. The Balaban J connectivity index is 1.58. The molecule has 1 saturated heterocycles. The highest BCUT2D eigenvalue weighted by molar-refractivity contribution is 5.95. The van der Waals surface area contributed by atoms with Gasteiger partial charge in [0.25, 0.3) is 5.91 Å². The first kappa shape index (κ1) is 13.1. The minimum Gasteiger partial charge on any atom is -0.364 e. The van der Waals surface area contributed by atoms with Crippen LogP contribution in [-0.2, 0) is 0 Å². The molecule has 21 heavy (non-hydrogen) atoms. The molecule has 104 valence electrons. The van der Waals surface area contributed by atoms with Crippen LogP contribution < -0.4 is 5.32 Å². The molecule has 1 aliphatic rings. The molecule has 1 aromatic carbocycles. The number of aromatic nitrogens is 2. The van der Waals surface area contributed by atoms with Gasteiger partial charge in [0, 0.05) is 24.8 Å². The number of carbonyl (C=O) groups is 1. The highest BCUT2D eigenvalue weighted by atomic mass is 16.2. The number of carbonyl (C=O) groups excluding carboxylic acids is 1. The molecule has 0 bridgehead atoms. The molecule has 3 rings (SSSR count). The van der Waals surface area contributed by atoms with E-state index in [1.165, 1.54) is 6.33 Å². The third-order valence-electron chi connectivity index (χ3n) is 3.34. The van der Waals surface area contributed by atoms with E-state index < -0.39 is 0 Å². The van der Waals surface area contributed by atoms with E-state index in [4.69, 9.17) is 5.26 Å². The highest BCUT2D eigenvalue weighted by Gasteiger charge is 2.31. The maximum absolute atomic E-state index is 12.3. The molecular weight excluding hydrogens is 266 g/mol. The standard InChI is InChI=1S/C15H13N5O/c16-7-11-2-1-3-12(6-11)15(21)20-8-13(9-20)19-14-4-5-17-10-18-14/h1-6,10,13H,8-9H2,(H,17,18,19). The van der Waals surface area contributed by atoms with Crippen LogP contribution >= 0.6 is 0 Å². The fourth-order valence-corrected chi connectivity index (χ4v) is 2.23. The quantitative estimate of drug-likeness (QED) is 0.915. The van der Waals surface area contributed by atoms with Gasteiger partial charge in [0.2, 0.25) is 0 Å². The summed E-state index contributed by atoms with van der Waals surface area (Å²) in [5, 5.41) is 12.1. The molecular formula is C15H13N5O. The number of likely N-dealkylation sites (tertiary alicyclic amines) is 1. The minimum atomic E-state index is -0.0483. The maximum Gasteiger partial charge on any atom is 0.254 e. The largest absolute Gasteiger partial charge is 0.364 e. The molecule has 1 aromatic heterocycles. The molecule has 1 aliphatic heterocycles. The van der Waals surface area contributed by atoms with Crippen LogP contribution in [0.15, 0.2) is 42.9 Å². The zero-order chi connectivity index (χ0) is 14.7. The first-order chi connectivity index (χ1) is 10.3. The van der Waals surface area contributed by atoms with Gasteiger partial charge < -0.3 is 10.2 Å². The molecule has 0 aliphatic carbocycles. The number of nitrogens with one attached hydrogen (secondary N) is 1. The summed E-state index contributed by atoms with van der Waals surface area (Å²) < 4.78 is 0. The van der Waals surface area contributed by atoms with Crippen LogP contribution in [0, 0.1) is 11.3 Å². The Bertz CT molecular complexity index is 689. The summed E-state index contributed by atoms with van der Waals surface area (Å²) in [4.78, 5) is 21.9. The van der Waals surface area contributed by atoms with Crippen molar-refractivity contribution in [3.8, 4) is 6.07 Å². The lowest BCUT2D eigenvalue weighted by molar-refractivity contribution is 0.0625. The molecule has 0 spiro atoms. The van der Waals surface area contributed by atoms with Gasteiger partial charge in [-0.1, -0.05) is 6.07 Å². The van der Waals surface area contributed by atoms with Crippen LogP contribution in [-0.4, -0.2) is 39.9 Å². The van der Waals surface area contributed by atoms with Crippen molar-refractivity contribution >= 4 is 11.7 Å². The van der Waals surface area contributed by atoms with Crippen LogP contribution in [0.4, 0.5) is 5.82 Å². The van der Waals surface area contributed by atoms with Crippen molar-refractivity contribution in [2.45, 2.75) is 6.04 Å². The van der Waals surface area contributed by atoms with Crippen molar-refractivity contribution in [1.82, 2.24) is 14.9 Å². The summed E-state index contributed by atoms with van der Waals surface area (Å²) in [6.07, 6.45) is 3.15. The molecule has 1 amide bonds. The Morgan fingerprint density at radius 3 is 2.95 bits per heavy atom. The number of benzene rings is 1. The lowest BCUT2D eigenvalue weighted by Gasteiger charge is -2.39. The number of anilines is 1. The number of amides is 1. The summed E-state index contributed by atoms with van der Waals surface area (Å²) in [6.45, 7) is 1.25. The van der Waals surface area contributed by atoms with Crippen molar-refractivity contribution in [2.75, 3.05) is 18.4 Å². The van der Waals surface area contributed by atoms with Crippen LogP contribution in [0.5, 0.6) is 0 Å². The Kier molecular flexibility index (Phi) is 3.48. The smallest absolute Gasteiger partial charge is 0.254 e. The van der Waals surface area contributed by atoms with Gasteiger partial charge in [-0.05, 0) is 24.3 Å². The van der Waals surface area contributed by atoms with Crippen molar-refractivity contribution < 1.29 is 4.79 Å². The number of rotatable bonds is 3. The zero-order valence-corrected chi connectivity index (χ0v) is 11.2. The summed E-state index contributed by atoms with van der Waals surface area (Å²) in [6, 6.07) is 10.8. The fourth-order valence-electron chi connectivity index (χ4n) is 2.23. The third kappa shape index (κ3) is 2.82. The van der Waals surface area contributed by atoms with Crippen molar-refractivity contribution in [2.24, 2.45) is 0 Å². The zero-order valence-electron chi connectivity index (χ0n) is 11.2. The Labute approximate surface area is 122 Å². The van der Waals surface area contributed by atoms with Crippen LogP contribution in [0.25, 0.3) is 0 Å². The average Bonchev–Trinajstić information content (AvgIpc) is 2.51. The van der Waals surface area contributed by atoms with Crippen molar-refractivity contribution in [1.29, 1.82) is 5.26 Å². The van der Waals surface area contributed by atoms with E-state index in [2.05, 4.69) is 15.3 Å². The monoisotopic (exact) mass is 279 g/mol. The molecule has 2 heterocycles. The van der Waals surface area contributed by atoms with Gasteiger partial charge in [-0.25, -0.2) is 9.97 Å². The Morgan fingerprint density at radius 2 is 2.24 bits per heavy atom. The first-order valence-corrected chi connectivity index (χ1v) is 6.58. The minimum absolute atomic E-state index is 0.0483. The molecule has 6 nitrogen and oxygen atoms in total. The van der Waals surface area contributed by atoms with Gasteiger partial charge in [-0.3, -0.25) is 4.79 Å². The predicted octanol–water partition coefficient (Wildman–Crippen LogP) is 1.28. The van der Waals surface area contributed by atoms with E-state index in [9.17, 15) is 4.79 Å². The Morgan fingerprint density at radius 1 is 1.38 bits per heavy atom. The predicted molar refractivity (Wildman–Crippen MR) is 76.5 cm³/mol. The second kappa shape index (κ2) is 5.59. The van der Waals surface area contributed by atoms with E-state index in [0.29, 0.717) is 24.2 Å². The summed E-state index contributed by atoms with van der Waals surface area (Å²) in [5.74, 6) is 0.710. The topological polar surface area (TPSA) is 81.9 Å². The number of hydrogen-bond acceptors (Lipinski definition) is 5. The fraction of sp³-hybridized carbons (Fsp3) is 0.200. The van der Waals surface area contributed by atoms with Gasteiger partial charge in [-0.2, -0.15) is 5.26 Å². The van der Waals surface area contributed by atoms with Gasteiger partial charge in [0.1, 0.15) is 12.1 Å². The van der Waals surface area contributed by atoms with Crippen LogP contribution in [0.2, 0.25) is 0 Å². The Hall–Kier alpha value is -2.94. The molecule has 2 aromatic rings. The molecule has 6 heteroatoms. The second-order valence-electron chi connectivity index (χ2n) is 4.84. The van der Waals surface area contributed by atoms with Crippen molar-refractivity contribution in [3.63, 3.8) is 0 Å². The third-order valence-corrected chi connectivity index (χ3v) is 3.34. The summed E-state index contributed by atoms with van der Waals surface area (Å²) in [5.41, 5.74) is 1.05. The lowest BCUT2D eigenvalue weighted by atomic mass is 10.1. The van der Waals surface area contributed by atoms with E-state index in [1.807, 2.05) is 6.07 Å². The van der Waals surface area contributed by atoms with Gasteiger partial charge >= 0.3 is 0 Å². The molecule has 1 N–H and O–H groups in total. The van der Waals surface area contributed by atoms with Gasteiger partial charge in [0.05, 0.1) is 17.7 Å².